The van der Waals surface area contributed by atoms with Gasteiger partial charge >= 0.3 is 0 Å². The highest BCUT2D eigenvalue weighted by molar-refractivity contribution is 7.92. The second-order valence-corrected chi connectivity index (χ2v) is 8.60. The van der Waals surface area contributed by atoms with Crippen LogP contribution in [0, 0.1) is 23.3 Å². The summed E-state index contributed by atoms with van der Waals surface area (Å²) in [7, 11) is -3.25. The lowest BCUT2D eigenvalue weighted by Gasteiger charge is -2.13. The molecule has 3 aromatic carbocycles. The van der Waals surface area contributed by atoms with E-state index in [1.54, 1.807) is 4.72 Å². The third kappa shape index (κ3) is 4.27. The van der Waals surface area contributed by atoms with Crippen molar-refractivity contribution in [3.63, 3.8) is 0 Å². The lowest BCUT2D eigenvalue weighted by molar-refractivity contribution is 0.103. The van der Waals surface area contributed by atoms with Gasteiger partial charge in [0.2, 0.25) is 5.88 Å². The summed E-state index contributed by atoms with van der Waals surface area (Å²) in [5.41, 5.74) is -2.12. The molecule has 4 rings (SSSR count). The maximum Gasteiger partial charge on any atom is 0.262 e. The van der Waals surface area contributed by atoms with E-state index in [2.05, 4.69) is 9.97 Å². The van der Waals surface area contributed by atoms with Crippen molar-refractivity contribution < 1.29 is 35.5 Å². The molecule has 0 fully saturated rings. The first-order valence-electron chi connectivity index (χ1n) is 9.42. The highest BCUT2D eigenvalue weighted by Crippen LogP contribution is 2.29. The summed E-state index contributed by atoms with van der Waals surface area (Å²) >= 11 is 0. The molecular weight excluding hydrogens is 478 g/mol. The van der Waals surface area contributed by atoms with Gasteiger partial charge < -0.3 is 4.74 Å². The van der Waals surface area contributed by atoms with E-state index < -0.39 is 55.2 Å². The number of nitrogens with one attached hydrogen (secondary N) is 1. The maximum absolute atomic E-state index is 15.1. The van der Waals surface area contributed by atoms with Gasteiger partial charge in [0.15, 0.2) is 23.2 Å². The second kappa shape index (κ2) is 8.71. The van der Waals surface area contributed by atoms with Crippen molar-refractivity contribution in [1.29, 1.82) is 0 Å². The summed E-state index contributed by atoms with van der Waals surface area (Å²) < 4.78 is 89.0. The van der Waals surface area contributed by atoms with E-state index in [0.717, 1.165) is 18.2 Å². The van der Waals surface area contributed by atoms with Crippen LogP contribution < -0.4 is 9.46 Å². The smallest absolute Gasteiger partial charge is 0.262 e. The topological polar surface area (TPSA) is 98.2 Å². The quantitative estimate of drug-likeness (QED) is 0.246. The van der Waals surface area contributed by atoms with Crippen molar-refractivity contribution in [1.82, 2.24) is 9.97 Å². The van der Waals surface area contributed by atoms with Gasteiger partial charge in [-0.3, -0.25) is 9.52 Å². The molecule has 1 aromatic heterocycles. The average Bonchev–Trinajstić information content (AvgIpc) is 2.81. The van der Waals surface area contributed by atoms with E-state index in [9.17, 15) is 26.4 Å². The third-order valence-electron chi connectivity index (χ3n) is 4.73. The average molecular weight is 491 g/mol. The molecule has 0 radical (unpaired) electrons. The second-order valence-electron chi connectivity index (χ2n) is 6.92. The van der Waals surface area contributed by atoms with Gasteiger partial charge in [-0.25, -0.2) is 35.9 Å². The number of ketones is 1. The lowest BCUT2D eigenvalue weighted by atomic mass is 10.0. The van der Waals surface area contributed by atoms with Crippen LogP contribution in [0.25, 0.3) is 11.0 Å². The van der Waals surface area contributed by atoms with Crippen LogP contribution in [0.3, 0.4) is 0 Å². The lowest BCUT2D eigenvalue weighted by Crippen LogP contribution is -2.17. The molecule has 4 aromatic rings. The molecule has 12 heteroatoms. The molecule has 0 aliphatic rings. The third-order valence-corrected chi connectivity index (χ3v) is 6.09. The van der Waals surface area contributed by atoms with Gasteiger partial charge in [0, 0.05) is 11.6 Å². The molecule has 0 saturated heterocycles. The Labute approximate surface area is 190 Å². The van der Waals surface area contributed by atoms with Crippen molar-refractivity contribution >= 4 is 32.5 Å². The van der Waals surface area contributed by atoms with Gasteiger partial charge in [-0.1, -0.05) is 6.07 Å². The van der Waals surface area contributed by atoms with Gasteiger partial charge in [0.25, 0.3) is 10.0 Å². The minimum Gasteiger partial charge on any atom is -0.480 e. The first-order valence-corrected chi connectivity index (χ1v) is 10.9. The molecule has 0 unspecified atom stereocenters. The first-order chi connectivity index (χ1) is 16.1. The Kier molecular flexibility index (Phi) is 5.92. The molecule has 0 aliphatic heterocycles. The molecule has 7 nitrogen and oxygen atoms in total. The Balaban J connectivity index is 1.78. The normalized spacial score (nSPS) is 11.4. The molecule has 1 N–H and O–H groups in total. The number of aromatic nitrogens is 2. The molecule has 0 atom stereocenters. The summed E-state index contributed by atoms with van der Waals surface area (Å²) in [6.07, 6.45) is 1.33. The number of sulfonamides is 1. The molecule has 0 saturated carbocycles. The van der Waals surface area contributed by atoms with Crippen LogP contribution in [-0.2, 0) is 10.0 Å². The van der Waals surface area contributed by atoms with Crippen LogP contribution in [0.1, 0.15) is 15.9 Å². The zero-order chi connectivity index (χ0) is 24.6. The van der Waals surface area contributed by atoms with Crippen molar-refractivity contribution in [3.8, 4) is 5.88 Å². The fraction of sp³-hybridized carbons (Fsp3) is 0.0455. The van der Waals surface area contributed by atoms with E-state index in [4.69, 9.17) is 4.74 Å². The minimum atomic E-state index is -4.59. The van der Waals surface area contributed by atoms with Gasteiger partial charge in [0.1, 0.15) is 5.82 Å². The summed E-state index contributed by atoms with van der Waals surface area (Å²) in [5.74, 6) is -7.18. The number of methoxy groups -OCH3 is 1. The minimum absolute atomic E-state index is 0.120. The number of hydrogen-bond acceptors (Lipinski definition) is 6. The molecule has 0 bridgehead atoms. The number of carbonyl (C=O) groups excluding carboxylic acids is 1. The van der Waals surface area contributed by atoms with Crippen LogP contribution in [0.4, 0.5) is 23.2 Å². The predicted octanol–water partition coefficient (Wildman–Crippen LogP) is 4.23. The number of benzene rings is 3. The summed E-state index contributed by atoms with van der Waals surface area (Å²) in [6.45, 7) is 0. The molecule has 34 heavy (non-hydrogen) atoms. The van der Waals surface area contributed by atoms with Crippen LogP contribution in [0.15, 0.2) is 59.6 Å². The highest BCUT2D eigenvalue weighted by atomic mass is 32.2. The summed E-state index contributed by atoms with van der Waals surface area (Å²) in [5, 5.41) is 0. The fourth-order valence-electron chi connectivity index (χ4n) is 3.09. The van der Waals surface area contributed by atoms with Gasteiger partial charge in [-0.05, 0) is 36.4 Å². The maximum atomic E-state index is 15.1. The molecule has 174 valence electrons. The molecular formula is C22H13F4N3O4S. The molecule has 1 heterocycles. The van der Waals surface area contributed by atoms with Crippen LogP contribution in [0.5, 0.6) is 5.88 Å². The monoisotopic (exact) mass is 491 g/mol. The Morgan fingerprint density at radius 3 is 2.44 bits per heavy atom. The number of nitrogens with zero attached hydrogens (tertiary/aromatic N) is 2. The Hall–Kier alpha value is -4.06. The summed E-state index contributed by atoms with van der Waals surface area (Å²) in [6, 6.07) is 7.72. The number of carbonyl (C=O) groups is 1. The zero-order valence-electron chi connectivity index (χ0n) is 17.1. The van der Waals surface area contributed by atoms with E-state index in [1.165, 1.54) is 31.5 Å². The summed E-state index contributed by atoms with van der Waals surface area (Å²) in [4.78, 5) is 20.5. The van der Waals surface area contributed by atoms with Crippen LogP contribution in [0.2, 0.25) is 0 Å². The Bertz CT molecular complexity index is 1560. The van der Waals surface area contributed by atoms with Gasteiger partial charge in [-0.2, -0.15) is 0 Å². The van der Waals surface area contributed by atoms with E-state index in [1.807, 2.05) is 0 Å². The van der Waals surface area contributed by atoms with E-state index in [0.29, 0.717) is 11.6 Å². The number of ether oxygens (including phenoxy) is 1. The van der Waals surface area contributed by atoms with Crippen molar-refractivity contribution in [3.05, 3.63) is 89.1 Å². The van der Waals surface area contributed by atoms with Crippen molar-refractivity contribution in [2.24, 2.45) is 0 Å². The highest BCUT2D eigenvalue weighted by Gasteiger charge is 2.28. The molecule has 0 amide bonds. The standard InChI is InChI=1S/C22H13F4N3O4S/c1-33-18-10-27-15-6-5-11(7-16(15)28-18)22(30)19-20(25)14(24)9-17(21(19)26)29-34(31,32)13-4-2-3-12(23)8-13/h2-10,29H,1H3. The number of hydrogen-bond donors (Lipinski definition) is 1. The van der Waals surface area contributed by atoms with Crippen LogP contribution >= 0.6 is 0 Å². The van der Waals surface area contributed by atoms with Crippen molar-refractivity contribution in [2.75, 3.05) is 11.8 Å². The van der Waals surface area contributed by atoms with E-state index in [-0.39, 0.29) is 23.0 Å². The largest absolute Gasteiger partial charge is 0.480 e. The first kappa shape index (κ1) is 23.1. The van der Waals surface area contributed by atoms with Crippen molar-refractivity contribution in [2.45, 2.75) is 4.90 Å². The number of fused-ring (bicyclic) bond motifs is 1. The fourth-order valence-corrected chi connectivity index (χ4v) is 4.18. The molecule has 0 spiro atoms. The Morgan fingerprint density at radius 2 is 1.74 bits per heavy atom. The number of halogens is 4. The van der Waals surface area contributed by atoms with Crippen LogP contribution in [-0.4, -0.2) is 31.3 Å². The number of anilines is 1. The van der Waals surface area contributed by atoms with Gasteiger partial charge in [0.05, 0.1) is 40.5 Å². The SMILES string of the molecule is COc1cnc2ccc(C(=O)c3c(F)c(F)cc(NS(=O)(=O)c4cccc(F)c4)c3F)cc2n1. The van der Waals surface area contributed by atoms with Gasteiger partial charge in [-0.15, -0.1) is 0 Å². The zero-order valence-corrected chi connectivity index (χ0v) is 18.0. The number of rotatable bonds is 6. The molecule has 0 aliphatic carbocycles. The predicted molar refractivity (Wildman–Crippen MR) is 113 cm³/mol. The van der Waals surface area contributed by atoms with E-state index >= 15 is 4.39 Å². The Morgan fingerprint density at radius 1 is 0.971 bits per heavy atom.